The molecule has 0 aliphatic carbocycles. The largest absolute Gasteiger partial charge is 0.469 e. The third-order valence-electron chi connectivity index (χ3n) is 4.93. The number of para-hydroxylation sites is 1. The van der Waals surface area contributed by atoms with Gasteiger partial charge in [0.15, 0.2) is 5.16 Å². The maximum Gasteiger partial charge on any atom is 0.307 e. The van der Waals surface area contributed by atoms with E-state index in [9.17, 15) is 14.4 Å². The van der Waals surface area contributed by atoms with Gasteiger partial charge < -0.3 is 9.64 Å². The maximum atomic E-state index is 12.9. The molecule has 150 valence electrons. The Morgan fingerprint density at radius 3 is 2.86 bits per heavy atom. The highest BCUT2D eigenvalue weighted by Gasteiger charge is 2.22. The number of rotatable bonds is 6. The highest BCUT2D eigenvalue weighted by atomic mass is 32.2. The van der Waals surface area contributed by atoms with Gasteiger partial charge in [-0.2, -0.15) is 0 Å². The Labute approximate surface area is 168 Å². The van der Waals surface area contributed by atoms with Crippen LogP contribution >= 0.6 is 11.8 Å². The monoisotopic (exact) mass is 403 g/mol. The number of piperidine rings is 1. The molecule has 0 N–H and O–H groups in total. The molecule has 0 unspecified atom stereocenters. The molecule has 1 aliphatic rings. The highest BCUT2D eigenvalue weighted by Crippen LogP contribution is 2.21. The Balaban J connectivity index is 1.82. The number of nitrogens with zero attached hydrogens (tertiary/aromatic N) is 3. The maximum absolute atomic E-state index is 12.9. The molecule has 1 fully saturated rings. The zero-order valence-electron chi connectivity index (χ0n) is 16.2. The van der Waals surface area contributed by atoms with E-state index in [1.54, 1.807) is 18.2 Å². The van der Waals surface area contributed by atoms with Crippen LogP contribution < -0.4 is 5.56 Å². The van der Waals surface area contributed by atoms with Crippen LogP contribution in [0.25, 0.3) is 10.9 Å². The number of likely N-dealkylation sites (tertiary alicyclic amines) is 1. The Hall–Kier alpha value is -2.35. The first-order valence-corrected chi connectivity index (χ1v) is 10.4. The van der Waals surface area contributed by atoms with Crippen LogP contribution in [0, 0.1) is 5.92 Å². The topological polar surface area (TPSA) is 81.5 Å². The average Bonchev–Trinajstić information content (AvgIpc) is 2.71. The van der Waals surface area contributed by atoms with E-state index in [0.29, 0.717) is 22.0 Å². The van der Waals surface area contributed by atoms with Crippen molar-refractivity contribution in [1.29, 1.82) is 0 Å². The van der Waals surface area contributed by atoms with Crippen LogP contribution in [0.1, 0.15) is 26.2 Å². The summed E-state index contributed by atoms with van der Waals surface area (Å²) in [4.78, 5) is 43.5. The molecule has 1 aromatic heterocycles. The molecule has 2 aromatic rings. The Morgan fingerprint density at radius 1 is 1.32 bits per heavy atom. The molecule has 0 bridgehead atoms. The van der Waals surface area contributed by atoms with E-state index in [0.717, 1.165) is 25.9 Å². The molecule has 0 spiro atoms. The van der Waals surface area contributed by atoms with Gasteiger partial charge in [0.1, 0.15) is 0 Å². The second-order valence-corrected chi connectivity index (χ2v) is 8.01. The molecule has 8 heteroatoms. The molecule has 7 nitrogen and oxygen atoms in total. The normalized spacial score (nSPS) is 16.9. The second kappa shape index (κ2) is 9.23. The Morgan fingerprint density at radius 2 is 2.11 bits per heavy atom. The number of esters is 1. The van der Waals surface area contributed by atoms with Crippen molar-refractivity contribution in [1.82, 2.24) is 14.5 Å². The van der Waals surface area contributed by atoms with E-state index in [1.807, 2.05) is 11.0 Å². The molecule has 1 saturated heterocycles. The van der Waals surface area contributed by atoms with E-state index in [1.165, 1.54) is 23.4 Å². The lowest BCUT2D eigenvalue weighted by atomic mass is 10.0. The molecule has 1 aromatic carbocycles. The number of fused-ring (bicyclic) bond motifs is 1. The summed E-state index contributed by atoms with van der Waals surface area (Å²) < 4.78 is 6.15. The van der Waals surface area contributed by atoms with Gasteiger partial charge >= 0.3 is 5.97 Å². The number of hydrogen-bond acceptors (Lipinski definition) is 6. The first-order chi connectivity index (χ1) is 13.5. The number of amides is 1. The van der Waals surface area contributed by atoms with Crippen molar-refractivity contribution in [2.24, 2.45) is 5.92 Å². The first-order valence-electron chi connectivity index (χ1n) is 9.46. The minimum atomic E-state index is -0.394. The summed E-state index contributed by atoms with van der Waals surface area (Å²) >= 11 is 1.25. The Bertz CT molecular complexity index is 927. The minimum absolute atomic E-state index is 0.0541. The molecule has 2 heterocycles. The molecule has 1 aliphatic heterocycles. The molecule has 0 saturated carbocycles. The van der Waals surface area contributed by atoms with Crippen LogP contribution in [0.2, 0.25) is 0 Å². The molecule has 0 radical (unpaired) electrons. The van der Waals surface area contributed by atoms with Gasteiger partial charge in [0.2, 0.25) is 5.91 Å². The van der Waals surface area contributed by atoms with Gasteiger partial charge in [-0.05, 0) is 30.9 Å². The lowest BCUT2D eigenvalue weighted by Crippen LogP contribution is -2.40. The van der Waals surface area contributed by atoms with E-state index in [4.69, 9.17) is 0 Å². The average molecular weight is 404 g/mol. The van der Waals surface area contributed by atoms with E-state index in [-0.39, 0.29) is 30.2 Å². The van der Waals surface area contributed by atoms with Crippen molar-refractivity contribution in [2.45, 2.75) is 37.9 Å². The predicted molar refractivity (Wildman–Crippen MR) is 108 cm³/mol. The number of thioether (sulfide) groups is 1. The highest BCUT2D eigenvalue weighted by molar-refractivity contribution is 7.99. The first kappa shape index (κ1) is 20.4. The van der Waals surface area contributed by atoms with Crippen molar-refractivity contribution in [3.8, 4) is 0 Å². The Kier molecular flexibility index (Phi) is 6.72. The smallest absolute Gasteiger partial charge is 0.307 e. The van der Waals surface area contributed by atoms with Gasteiger partial charge in [-0.15, -0.1) is 0 Å². The standard InChI is InChI=1S/C20H25N3O4S/c1-14-6-5-10-22(12-14)17(24)13-28-20-21-16-8-4-3-7-15(16)19(26)23(20)11-9-18(25)27-2/h3-4,7-8,14H,5-6,9-13H2,1-2H3/t14-/m0/s1. The van der Waals surface area contributed by atoms with Crippen LogP contribution in [-0.2, 0) is 20.9 Å². The quantitative estimate of drug-likeness (QED) is 0.418. The van der Waals surface area contributed by atoms with Crippen molar-refractivity contribution in [3.63, 3.8) is 0 Å². The number of carbonyl (C=O) groups is 2. The zero-order valence-corrected chi connectivity index (χ0v) is 17.0. The predicted octanol–water partition coefficient (Wildman–Crippen LogP) is 2.31. The van der Waals surface area contributed by atoms with Crippen LogP contribution in [-0.4, -0.2) is 52.3 Å². The molecule has 28 heavy (non-hydrogen) atoms. The molecule has 3 rings (SSSR count). The van der Waals surface area contributed by atoms with E-state index >= 15 is 0 Å². The molecule has 1 atom stereocenters. The van der Waals surface area contributed by atoms with Gasteiger partial charge in [0, 0.05) is 19.6 Å². The summed E-state index contributed by atoms with van der Waals surface area (Å²) in [7, 11) is 1.32. The summed E-state index contributed by atoms with van der Waals surface area (Å²) in [5, 5.41) is 0.943. The van der Waals surface area contributed by atoms with E-state index < -0.39 is 5.97 Å². The number of carbonyl (C=O) groups excluding carboxylic acids is 2. The molecular weight excluding hydrogens is 378 g/mol. The van der Waals surface area contributed by atoms with Crippen LogP contribution in [0.15, 0.2) is 34.2 Å². The van der Waals surface area contributed by atoms with Gasteiger partial charge in [0.05, 0.1) is 30.2 Å². The number of ether oxygens (including phenoxy) is 1. The second-order valence-electron chi connectivity index (χ2n) is 7.07. The minimum Gasteiger partial charge on any atom is -0.469 e. The van der Waals surface area contributed by atoms with E-state index in [2.05, 4.69) is 16.6 Å². The van der Waals surface area contributed by atoms with Crippen molar-refractivity contribution in [3.05, 3.63) is 34.6 Å². The summed E-state index contributed by atoms with van der Waals surface area (Å²) in [5.74, 6) is 0.392. The third-order valence-corrected chi connectivity index (χ3v) is 5.89. The number of hydrogen-bond donors (Lipinski definition) is 0. The zero-order chi connectivity index (χ0) is 20.1. The lowest BCUT2D eigenvalue weighted by molar-refractivity contribution is -0.140. The summed E-state index contributed by atoms with van der Waals surface area (Å²) in [6.07, 6.45) is 2.24. The summed E-state index contributed by atoms with van der Waals surface area (Å²) in [6.45, 7) is 3.88. The van der Waals surface area contributed by atoms with Gasteiger partial charge in [-0.1, -0.05) is 30.8 Å². The number of methoxy groups -OCH3 is 1. The van der Waals surface area contributed by atoms with Crippen LogP contribution in [0.3, 0.4) is 0 Å². The third kappa shape index (κ3) is 4.73. The molecular formula is C20H25N3O4S. The molecule has 1 amide bonds. The van der Waals surface area contributed by atoms with Crippen molar-refractivity contribution in [2.75, 3.05) is 26.0 Å². The van der Waals surface area contributed by atoms with Crippen LogP contribution in [0.5, 0.6) is 0 Å². The number of aromatic nitrogens is 2. The van der Waals surface area contributed by atoms with Crippen LogP contribution in [0.4, 0.5) is 0 Å². The van der Waals surface area contributed by atoms with Gasteiger partial charge in [-0.3, -0.25) is 19.0 Å². The fourth-order valence-electron chi connectivity index (χ4n) is 3.39. The fourth-order valence-corrected chi connectivity index (χ4v) is 4.32. The van der Waals surface area contributed by atoms with Crippen molar-refractivity contribution < 1.29 is 14.3 Å². The van der Waals surface area contributed by atoms with Gasteiger partial charge in [-0.25, -0.2) is 4.98 Å². The SMILES string of the molecule is COC(=O)CCn1c(SCC(=O)N2CCC[C@H](C)C2)nc2ccccc2c1=O. The van der Waals surface area contributed by atoms with Crippen molar-refractivity contribution >= 4 is 34.5 Å². The van der Waals surface area contributed by atoms with Gasteiger partial charge in [0.25, 0.3) is 5.56 Å². The lowest BCUT2D eigenvalue weighted by Gasteiger charge is -2.30. The number of benzene rings is 1. The summed E-state index contributed by atoms with van der Waals surface area (Å²) in [6, 6.07) is 7.10. The fraction of sp³-hybridized carbons (Fsp3) is 0.500. The summed E-state index contributed by atoms with van der Waals surface area (Å²) in [5.41, 5.74) is 0.374.